The maximum absolute atomic E-state index is 14.0. The third-order valence-corrected chi connectivity index (χ3v) is 8.65. The van der Waals surface area contributed by atoms with E-state index in [-0.39, 0.29) is 11.8 Å². The Balaban J connectivity index is 1.19. The molecule has 0 spiro atoms. The van der Waals surface area contributed by atoms with Crippen molar-refractivity contribution in [2.75, 3.05) is 11.5 Å². The Kier molecular flexibility index (Phi) is 4.88. The topological polar surface area (TPSA) is 92.5 Å². The number of hydrogen-bond donors (Lipinski definition) is 0. The number of hydrogen-bond acceptors (Lipinski definition) is 6. The van der Waals surface area contributed by atoms with Crippen LogP contribution in [-0.2, 0) is 14.3 Å². The van der Waals surface area contributed by atoms with Gasteiger partial charge in [-0.2, -0.15) is 5.26 Å². The van der Waals surface area contributed by atoms with Gasteiger partial charge >= 0.3 is 0 Å². The maximum Gasteiger partial charge on any atom is 0.240 e. The first-order chi connectivity index (χ1) is 18.4. The molecular weight excluding hydrogens is 478 g/mol. The van der Waals surface area contributed by atoms with Crippen LogP contribution in [0.3, 0.4) is 0 Å². The second-order valence-corrected chi connectivity index (χ2v) is 10.7. The standard InChI is InChI=1S/C31H25N3O4/c1-30-12-13-31(38-30,14-16-37-21-10-8-19-5-4-15-33-24(19)17-21)27-26(30)28(35)34(29(27)36)25-11-9-20(18-32)22-6-2-3-7-23(22)25/h2-11,15,17,26-27H,12-14,16H2,1H3/t26-,27+,30-,31-/m1/s1. The monoisotopic (exact) mass is 503 g/mol. The number of fused-ring (bicyclic) bond motifs is 7. The van der Waals surface area contributed by atoms with Crippen molar-refractivity contribution in [2.45, 2.75) is 37.4 Å². The second kappa shape index (κ2) is 8.11. The average molecular weight is 504 g/mol. The fraction of sp³-hybridized carbons (Fsp3) is 0.290. The summed E-state index contributed by atoms with van der Waals surface area (Å²) in [5, 5.41) is 12.0. The van der Waals surface area contributed by atoms with E-state index in [1.807, 2.05) is 61.5 Å². The average Bonchev–Trinajstić information content (AvgIpc) is 3.52. The van der Waals surface area contributed by atoms with E-state index in [1.165, 1.54) is 4.90 Å². The number of nitriles is 1. The number of anilines is 1. The highest BCUT2D eigenvalue weighted by Gasteiger charge is 2.73. The molecule has 0 unspecified atom stereocenters. The van der Waals surface area contributed by atoms with E-state index in [9.17, 15) is 14.9 Å². The second-order valence-electron chi connectivity index (χ2n) is 10.7. The van der Waals surface area contributed by atoms with Crippen molar-refractivity contribution in [1.29, 1.82) is 5.26 Å². The van der Waals surface area contributed by atoms with Gasteiger partial charge in [0, 0.05) is 34.8 Å². The predicted molar refractivity (Wildman–Crippen MR) is 141 cm³/mol. The fourth-order valence-corrected chi connectivity index (χ4v) is 6.90. The first-order valence-corrected chi connectivity index (χ1v) is 12.9. The SMILES string of the molecule is C[C@]12CC[C@](CCOc3ccc4cccnc4c3)(O1)[C@@H]1C(=O)N(c3ccc(C#N)c4ccccc34)C(=O)[C@@H]12. The molecule has 2 bridgehead atoms. The lowest BCUT2D eigenvalue weighted by Gasteiger charge is -2.31. The van der Waals surface area contributed by atoms with Crippen molar-refractivity contribution >= 4 is 39.2 Å². The van der Waals surface area contributed by atoms with Crippen molar-refractivity contribution in [3.8, 4) is 11.8 Å². The van der Waals surface area contributed by atoms with Crippen LogP contribution in [0.15, 0.2) is 72.9 Å². The van der Waals surface area contributed by atoms with Gasteiger partial charge in [-0.3, -0.25) is 14.6 Å². The molecule has 7 heteroatoms. The molecule has 0 saturated carbocycles. The molecule has 3 fully saturated rings. The lowest BCUT2D eigenvalue weighted by atomic mass is 9.67. The van der Waals surface area contributed by atoms with Gasteiger partial charge in [-0.25, -0.2) is 4.90 Å². The minimum atomic E-state index is -0.752. The Morgan fingerprint density at radius 2 is 1.84 bits per heavy atom. The molecule has 3 aromatic carbocycles. The number of rotatable bonds is 5. The first-order valence-electron chi connectivity index (χ1n) is 12.9. The van der Waals surface area contributed by atoms with Crippen molar-refractivity contribution < 1.29 is 19.1 Å². The first kappa shape index (κ1) is 22.9. The smallest absolute Gasteiger partial charge is 0.240 e. The number of pyridine rings is 1. The minimum Gasteiger partial charge on any atom is -0.493 e. The van der Waals surface area contributed by atoms with Gasteiger partial charge < -0.3 is 9.47 Å². The summed E-state index contributed by atoms with van der Waals surface area (Å²) in [6, 6.07) is 22.7. The number of carbonyl (C=O) groups is 2. The molecule has 4 heterocycles. The third-order valence-electron chi connectivity index (χ3n) is 8.65. The molecular formula is C31H25N3O4. The summed E-state index contributed by atoms with van der Waals surface area (Å²) in [6.45, 7) is 2.32. The van der Waals surface area contributed by atoms with Crippen molar-refractivity contribution in [1.82, 2.24) is 4.98 Å². The van der Waals surface area contributed by atoms with Crippen LogP contribution in [0.25, 0.3) is 21.7 Å². The highest BCUT2D eigenvalue weighted by Crippen LogP contribution is 2.62. The fourth-order valence-electron chi connectivity index (χ4n) is 6.90. The molecule has 188 valence electrons. The van der Waals surface area contributed by atoms with Gasteiger partial charge in [-0.05, 0) is 50.1 Å². The zero-order chi connectivity index (χ0) is 26.1. The molecule has 3 saturated heterocycles. The lowest BCUT2D eigenvalue weighted by Crippen LogP contribution is -2.43. The number of aromatic nitrogens is 1. The highest BCUT2D eigenvalue weighted by atomic mass is 16.5. The number of carbonyl (C=O) groups excluding carboxylic acids is 2. The van der Waals surface area contributed by atoms with Gasteiger partial charge in [0.05, 0.1) is 52.5 Å². The Morgan fingerprint density at radius 3 is 2.68 bits per heavy atom. The molecule has 0 N–H and O–H groups in total. The van der Waals surface area contributed by atoms with Crippen LogP contribution in [0.2, 0.25) is 0 Å². The molecule has 4 aromatic rings. The van der Waals surface area contributed by atoms with Gasteiger partial charge in [0.25, 0.3) is 0 Å². The molecule has 3 aliphatic rings. The maximum atomic E-state index is 14.0. The normalized spacial score (nSPS) is 27.7. The molecule has 0 aliphatic carbocycles. The minimum absolute atomic E-state index is 0.222. The van der Waals surface area contributed by atoms with Crippen LogP contribution in [0.4, 0.5) is 5.69 Å². The number of amides is 2. The van der Waals surface area contributed by atoms with Gasteiger partial charge in [-0.15, -0.1) is 0 Å². The summed E-state index contributed by atoms with van der Waals surface area (Å²) in [4.78, 5) is 33.6. The van der Waals surface area contributed by atoms with Gasteiger partial charge in [0.2, 0.25) is 11.8 Å². The Hall–Kier alpha value is -4.28. The van der Waals surface area contributed by atoms with Gasteiger partial charge in [-0.1, -0.05) is 30.3 Å². The van der Waals surface area contributed by atoms with E-state index >= 15 is 0 Å². The summed E-state index contributed by atoms with van der Waals surface area (Å²) in [7, 11) is 0. The van der Waals surface area contributed by atoms with Crippen LogP contribution < -0.4 is 9.64 Å². The zero-order valence-electron chi connectivity index (χ0n) is 20.9. The van der Waals surface area contributed by atoms with Crippen molar-refractivity contribution in [3.05, 3.63) is 78.5 Å². The largest absolute Gasteiger partial charge is 0.493 e. The van der Waals surface area contributed by atoms with Crippen LogP contribution in [-0.4, -0.2) is 34.6 Å². The number of imide groups is 1. The summed E-state index contributed by atoms with van der Waals surface area (Å²) in [5.74, 6) is -0.843. The predicted octanol–water partition coefficient (Wildman–Crippen LogP) is 5.16. The summed E-state index contributed by atoms with van der Waals surface area (Å²) < 4.78 is 12.7. The molecule has 7 nitrogen and oxygen atoms in total. The number of benzene rings is 3. The van der Waals surface area contributed by atoms with Crippen LogP contribution >= 0.6 is 0 Å². The van der Waals surface area contributed by atoms with Crippen molar-refractivity contribution in [2.24, 2.45) is 11.8 Å². The quantitative estimate of drug-likeness (QED) is 0.350. The number of ether oxygens (including phenoxy) is 2. The van der Waals surface area contributed by atoms with E-state index in [4.69, 9.17) is 9.47 Å². The third kappa shape index (κ3) is 3.13. The van der Waals surface area contributed by atoms with E-state index in [2.05, 4.69) is 11.1 Å². The lowest BCUT2D eigenvalue weighted by molar-refractivity contribution is -0.131. The van der Waals surface area contributed by atoms with Crippen molar-refractivity contribution in [3.63, 3.8) is 0 Å². The van der Waals surface area contributed by atoms with E-state index in [0.29, 0.717) is 41.8 Å². The Labute approximate surface area is 219 Å². The summed E-state index contributed by atoms with van der Waals surface area (Å²) >= 11 is 0. The highest BCUT2D eigenvalue weighted by molar-refractivity contribution is 6.26. The molecule has 4 atom stereocenters. The van der Waals surface area contributed by atoms with Crippen LogP contribution in [0.5, 0.6) is 5.75 Å². The van der Waals surface area contributed by atoms with E-state index in [0.717, 1.165) is 22.7 Å². The molecule has 3 aliphatic heterocycles. The molecule has 38 heavy (non-hydrogen) atoms. The van der Waals surface area contributed by atoms with Gasteiger partial charge in [0.15, 0.2) is 0 Å². The van der Waals surface area contributed by atoms with Crippen LogP contribution in [0.1, 0.15) is 31.7 Å². The zero-order valence-corrected chi connectivity index (χ0v) is 20.9. The summed E-state index contributed by atoms with van der Waals surface area (Å²) in [6.07, 6.45) is 3.68. The molecule has 0 radical (unpaired) electrons. The summed E-state index contributed by atoms with van der Waals surface area (Å²) in [5.41, 5.74) is 0.453. The Bertz CT molecular complexity index is 1690. The van der Waals surface area contributed by atoms with E-state index < -0.39 is 23.0 Å². The molecule has 1 aromatic heterocycles. The van der Waals surface area contributed by atoms with Crippen LogP contribution in [0, 0.1) is 23.2 Å². The molecule has 7 rings (SSSR count). The number of nitrogens with zero attached hydrogens (tertiary/aromatic N) is 3. The Morgan fingerprint density at radius 1 is 1.03 bits per heavy atom. The molecule has 2 amide bonds. The van der Waals surface area contributed by atoms with Gasteiger partial charge in [0.1, 0.15) is 5.75 Å². The van der Waals surface area contributed by atoms with E-state index in [1.54, 1.807) is 18.3 Å².